The van der Waals surface area contributed by atoms with Crippen LogP contribution in [0.25, 0.3) is 11.0 Å². The van der Waals surface area contributed by atoms with Crippen LogP contribution in [0.1, 0.15) is 96.0 Å². The van der Waals surface area contributed by atoms with Crippen molar-refractivity contribution in [1.29, 1.82) is 0 Å². The van der Waals surface area contributed by atoms with E-state index in [1.54, 1.807) is 0 Å². The van der Waals surface area contributed by atoms with Crippen molar-refractivity contribution in [3.8, 4) is 0 Å². The summed E-state index contributed by atoms with van der Waals surface area (Å²) in [7, 11) is 0. The SMILES string of the molecule is CCOC(=O)C(CC)(CC)C(=O)N1CCC(CCN2[C@@H]3CC[C@H]2C[C@@H](n2c(C)nc4ccccc42)C3)(c2ccccc2)CC1. The molecule has 7 heteroatoms. The average Bonchev–Trinajstić information content (AvgIpc) is 3.51. The third kappa shape index (κ3) is 5.35. The molecule has 236 valence electrons. The van der Waals surface area contributed by atoms with Crippen LogP contribution in [0.4, 0.5) is 0 Å². The molecule has 3 atom stereocenters. The number of para-hydroxylation sites is 2. The lowest BCUT2D eigenvalue weighted by Crippen LogP contribution is -2.54. The quantitative estimate of drug-likeness (QED) is 0.189. The van der Waals surface area contributed by atoms with E-state index < -0.39 is 5.41 Å². The van der Waals surface area contributed by atoms with E-state index in [1.807, 2.05) is 25.7 Å². The maximum atomic E-state index is 13.9. The summed E-state index contributed by atoms with van der Waals surface area (Å²) in [4.78, 5) is 36.6. The Balaban J connectivity index is 1.17. The zero-order chi connectivity index (χ0) is 30.9. The van der Waals surface area contributed by atoms with Crippen molar-refractivity contribution in [2.75, 3.05) is 26.2 Å². The van der Waals surface area contributed by atoms with Crippen molar-refractivity contribution in [3.63, 3.8) is 0 Å². The van der Waals surface area contributed by atoms with Crippen LogP contribution in [0.15, 0.2) is 54.6 Å². The molecule has 0 radical (unpaired) electrons. The van der Waals surface area contributed by atoms with Crippen LogP contribution in [0.5, 0.6) is 0 Å². The molecule has 4 heterocycles. The van der Waals surface area contributed by atoms with Crippen LogP contribution in [0.2, 0.25) is 0 Å². The first-order valence-corrected chi connectivity index (χ1v) is 17.1. The number of ether oxygens (including phenoxy) is 1. The highest BCUT2D eigenvalue weighted by Gasteiger charge is 2.49. The summed E-state index contributed by atoms with van der Waals surface area (Å²) in [5.41, 5.74) is 2.70. The number of aromatic nitrogens is 2. The van der Waals surface area contributed by atoms with Gasteiger partial charge >= 0.3 is 5.97 Å². The molecule has 0 unspecified atom stereocenters. The first kappa shape index (κ1) is 30.8. The Labute approximate surface area is 263 Å². The van der Waals surface area contributed by atoms with Gasteiger partial charge in [0.1, 0.15) is 11.2 Å². The minimum absolute atomic E-state index is 0.0243. The average molecular weight is 599 g/mol. The van der Waals surface area contributed by atoms with Gasteiger partial charge in [-0.15, -0.1) is 0 Å². The summed E-state index contributed by atoms with van der Waals surface area (Å²) < 4.78 is 7.92. The number of carbonyl (C=O) groups excluding carboxylic acids is 2. The number of hydrogen-bond donors (Lipinski definition) is 0. The predicted molar refractivity (Wildman–Crippen MR) is 174 cm³/mol. The molecule has 1 amide bonds. The Bertz CT molecular complexity index is 1440. The van der Waals surface area contributed by atoms with Gasteiger partial charge in [0.25, 0.3) is 0 Å². The first-order chi connectivity index (χ1) is 21.4. The minimum Gasteiger partial charge on any atom is -0.465 e. The molecule has 3 aliphatic heterocycles. The van der Waals surface area contributed by atoms with Gasteiger partial charge in [-0.05, 0) is 101 Å². The molecular formula is C37H50N4O3. The van der Waals surface area contributed by atoms with Crippen LogP contribution in [-0.4, -0.2) is 69.6 Å². The summed E-state index contributed by atoms with van der Waals surface area (Å²) in [5, 5.41) is 0. The fourth-order valence-electron chi connectivity index (χ4n) is 8.90. The number of benzene rings is 2. The fourth-order valence-corrected chi connectivity index (χ4v) is 8.90. The second-order valence-corrected chi connectivity index (χ2v) is 13.5. The van der Waals surface area contributed by atoms with Gasteiger partial charge in [0, 0.05) is 31.2 Å². The van der Waals surface area contributed by atoms with E-state index in [0.717, 1.165) is 37.1 Å². The number of fused-ring (bicyclic) bond motifs is 3. The lowest BCUT2D eigenvalue weighted by molar-refractivity contribution is -0.166. The number of rotatable bonds is 10. The van der Waals surface area contributed by atoms with Gasteiger partial charge in [0.05, 0.1) is 17.6 Å². The first-order valence-electron chi connectivity index (χ1n) is 17.1. The molecule has 2 aromatic carbocycles. The van der Waals surface area contributed by atoms with E-state index in [-0.39, 0.29) is 17.3 Å². The number of amides is 1. The third-order valence-electron chi connectivity index (χ3n) is 11.5. The molecule has 0 spiro atoms. The Hall–Kier alpha value is -3.19. The van der Waals surface area contributed by atoms with E-state index in [4.69, 9.17) is 9.72 Å². The number of imidazole rings is 1. The molecule has 2 bridgehead atoms. The van der Waals surface area contributed by atoms with Crippen LogP contribution in [0, 0.1) is 12.3 Å². The fraction of sp³-hybridized carbons (Fsp3) is 0.595. The summed E-state index contributed by atoms with van der Waals surface area (Å²) in [6, 6.07) is 21.3. The van der Waals surface area contributed by atoms with Gasteiger partial charge in [-0.1, -0.05) is 56.3 Å². The van der Waals surface area contributed by atoms with Crippen LogP contribution >= 0.6 is 0 Å². The molecule has 1 aromatic heterocycles. The number of esters is 1. The zero-order valence-electron chi connectivity index (χ0n) is 27.1. The largest absolute Gasteiger partial charge is 0.465 e. The van der Waals surface area contributed by atoms with Crippen LogP contribution in [0.3, 0.4) is 0 Å². The lowest BCUT2D eigenvalue weighted by atomic mass is 9.69. The molecular weight excluding hydrogens is 548 g/mol. The number of piperidine rings is 2. The van der Waals surface area contributed by atoms with Gasteiger partial charge in [-0.2, -0.15) is 0 Å². The Morgan fingerprint density at radius 3 is 2.18 bits per heavy atom. The van der Waals surface area contributed by atoms with E-state index in [1.165, 1.54) is 36.8 Å². The molecule has 6 rings (SSSR count). The highest BCUT2D eigenvalue weighted by molar-refractivity contribution is 6.02. The zero-order valence-corrected chi connectivity index (χ0v) is 27.1. The molecule has 0 N–H and O–H groups in total. The topological polar surface area (TPSA) is 67.7 Å². The monoisotopic (exact) mass is 598 g/mol. The number of nitrogens with zero attached hydrogens (tertiary/aromatic N) is 4. The summed E-state index contributed by atoms with van der Waals surface area (Å²) in [5.74, 6) is 0.712. The number of hydrogen-bond acceptors (Lipinski definition) is 5. The third-order valence-corrected chi connectivity index (χ3v) is 11.5. The number of carbonyl (C=O) groups is 2. The normalized spacial score (nSPS) is 23.6. The standard InChI is InChI=1S/C37H50N4O3/c1-5-37(6-2,35(43)44-7-3)34(42)39-22-19-36(20-23-39,28-13-9-8-10-14-28)21-24-40-29-17-18-30(40)26-31(25-29)41-27(4)38-32-15-11-12-16-33(32)41/h8-16,29-31H,5-7,17-26H2,1-4H3/t29-,30+,31+. The Morgan fingerprint density at radius 2 is 1.55 bits per heavy atom. The van der Waals surface area contributed by atoms with Crippen molar-refractivity contribution in [2.24, 2.45) is 5.41 Å². The summed E-state index contributed by atoms with van der Waals surface area (Å²) >= 11 is 0. The molecule has 7 nitrogen and oxygen atoms in total. The second-order valence-electron chi connectivity index (χ2n) is 13.5. The van der Waals surface area contributed by atoms with Crippen molar-refractivity contribution in [2.45, 2.75) is 109 Å². The van der Waals surface area contributed by atoms with Gasteiger partial charge in [0.15, 0.2) is 0 Å². The van der Waals surface area contributed by atoms with Gasteiger partial charge in [-0.25, -0.2) is 4.98 Å². The second kappa shape index (κ2) is 12.7. The van der Waals surface area contributed by atoms with Crippen molar-refractivity contribution in [3.05, 3.63) is 66.0 Å². The van der Waals surface area contributed by atoms with Gasteiger partial charge < -0.3 is 14.2 Å². The van der Waals surface area contributed by atoms with Crippen molar-refractivity contribution >= 4 is 22.9 Å². The molecule has 3 fully saturated rings. The number of likely N-dealkylation sites (tertiary alicyclic amines) is 1. The summed E-state index contributed by atoms with van der Waals surface area (Å²) in [6.45, 7) is 10.6. The maximum Gasteiger partial charge on any atom is 0.321 e. The molecule has 3 saturated heterocycles. The van der Waals surface area contributed by atoms with Gasteiger partial charge in [0.2, 0.25) is 5.91 Å². The molecule has 0 saturated carbocycles. The predicted octanol–water partition coefficient (Wildman–Crippen LogP) is 6.83. The minimum atomic E-state index is -1.08. The Kier molecular flexibility index (Phi) is 8.87. The van der Waals surface area contributed by atoms with E-state index in [9.17, 15) is 9.59 Å². The van der Waals surface area contributed by atoms with E-state index >= 15 is 0 Å². The molecule has 3 aliphatic rings. The van der Waals surface area contributed by atoms with Crippen molar-refractivity contribution in [1.82, 2.24) is 19.4 Å². The maximum absolute atomic E-state index is 13.9. The molecule has 3 aromatic rings. The molecule has 0 aliphatic carbocycles. The van der Waals surface area contributed by atoms with Crippen LogP contribution in [-0.2, 0) is 19.7 Å². The van der Waals surface area contributed by atoms with Gasteiger partial charge in [-0.3, -0.25) is 14.5 Å². The van der Waals surface area contributed by atoms with Crippen LogP contribution < -0.4 is 0 Å². The summed E-state index contributed by atoms with van der Waals surface area (Å²) in [6.07, 6.45) is 8.78. The van der Waals surface area contributed by atoms with E-state index in [2.05, 4.69) is 71.0 Å². The Morgan fingerprint density at radius 1 is 0.909 bits per heavy atom. The lowest BCUT2D eigenvalue weighted by Gasteiger charge is -2.46. The highest BCUT2D eigenvalue weighted by atomic mass is 16.5. The highest BCUT2D eigenvalue weighted by Crippen LogP contribution is 2.45. The number of aryl methyl sites for hydroxylation is 1. The molecule has 44 heavy (non-hydrogen) atoms. The smallest absolute Gasteiger partial charge is 0.321 e. The van der Waals surface area contributed by atoms with E-state index in [0.29, 0.717) is 50.7 Å². The van der Waals surface area contributed by atoms with Crippen molar-refractivity contribution < 1.29 is 14.3 Å².